The van der Waals surface area contributed by atoms with Crippen LogP contribution in [-0.4, -0.2) is 297 Å². The van der Waals surface area contributed by atoms with E-state index in [-0.39, 0.29) is 136 Å². The second-order valence-corrected chi connectivity index (χ2v) is 27.5. The van der Waals surface area contributed by atoms with Gasteiger partial charge in [0.15, 0.2) is 5.96 Å². The number of aliphatic hydroxyl groups is 1. The van der Waals surface area contributed by atoms with Crippen LogP contribution in [-0.2, 0) is 65.3 Å². The van der Waals surface area contributed by atoms with Crippen molar-refractivity contribution >= 4 is 46.9 Å². The lowest BCUT2D eigenvalue weighted by atomic mass is 10.1. The minimum Gasteiger partial charge on any atom is -0.447 e. The summed E-state index contributed by atoms with van der Waals surface area (Å²) in [5.74, 6) is -0.647. The number of nitrogens with one attached hydrogen (secondary N) is 2. The highest BCUT2D eigenvalue weighted by molar-refractivity contribution is 7.54. The molecule has 4 heterocycles. The third-order valence-electron chi connectivity index (χ3n) is 12.8. The molecule has 4 aliphatic heterocycles. The first-order valence-corrected chi connectivity index (χ1v) is 30.5. The van der Waals surface area contributed by atoms with Gasteiger partial charge < -0.3 is 79.0 Å². The second kappa shape index (κ2) is 32.1. The molecule has 0 spiro atoms. The maximum absolute atomic E-state index is 15.0. The molecule has 7 N–H and O–H groups in total. The average molecular weight is 1150 g/mol. The van der Waals surface area contributed by atoms with E-state index in [9.17, 15) is 28.1 Å². The summed E-state index contributed by atoms with van der Waals surface area (Å²) in [7, 11) is 0.544. The Bertz CT molecular complexity index is 1970. The third kappa shape index (κ3) is 20.0. The molecule has 3 unspecified atom stereocenters. The third-order valence-corrected chi connectivity index (χ3v) is 20.5. The van der Waals surface area contributed by atoms with Crippen LogP contribution in [0.25, 0.3) is 0 Å². The van der Waals surface area contributed by atoms with Crippen LogP contribution < -0.4 is 22.1 Å². The molecular formula is C44H90N13O16P3. The number of nitrogens with zero attached hydrogens (tertiary/aromatic N) is 9. The smallest absolute Gasteiger partial charge is 0.409 e. The SMILES string of the molecule is CN[C@@H](CCCN=C(N)N)C(=O)NCC(=O)N1C[C@@H](COP(=O)(N(C)C)N2C[C@@H](COP(=O)(N(C)C)N3C[C@@H](COP(=O)(N(C)C)N4CCN(C(=O)OCCOCCOCCO)CC4)O[C@@H](C)C3)O[C@@H](C)C2)O[C@@H](C)C1. The van der Waals surface area contributed by atoms with Gasteiger partial charge in [-0.15, -0.1) is 0 Å². The molecule has 0 aromatic carbocycles. The first kappa shape index (κ1) is 66.0. The Hall–Kier alpha value is -2.47. The number of ether oxygens (including phenoxy) is 6. The van der Waals surface area contributed by atoms with Gasteiger partial charge in [0.05, 0.1) is 102 Å². The number of aliphatic imine (C=N–C) groups is 1. The number of carbonyl (C=O) groups excluding carboxylic acids is 3. The average Bonchev–Trinajstić information content (AvgIpc) is 3.37. The quantitative estimate of drug-likeness (QED) is 0.0250. The molecule has 76 heavy (non-hydrogen) atoms. The molecule has 0 bridgehead atoms. The molecular weight excluding hydrogens is 1060 g/mol. The summed E-state index contributed by atoms with van der Waals surface area (Å²) < 4.78 is 108. The summed E-state index contributed by atoms with van der Waals surface area (Å²) in [6.45, 7) is 8.67. The topological polar surface area (TPSA) is 320 Å². The van der Waals surface area contributed by atoms with Gasteiger partial charge in [-0.3, -0.25) is 28.3 Å². The fourth-order valence-corrected chi connectivity index (χ4v) is 15.1. The number of carbonyl (C=O) groups is 3. The van der Waals surface area contributed by atoms with Crippen molar-refractivity contribution in [1.29, 1.82) is 0 Å². The van der Waals surface area contributed by atoms with Crippen LogP contribution in [0.5, 0.6) is 0 Å². The molecule has 10 atom stereocenters. The summed E-state index contributed by atoms with van der Waals surface area (Å²) in [5.41, 5.74) is 10.8. The number of piperazine rings is 1. The van der Waals surface area contributed by atoms with E-state index in [1.807, 2.05) is 20.8 Å². The fraction of sp³-hybridized carbons (Fsp3) is 0.909. The van der Waals surface area contributed by atoms with Gasteiger partial charge in [0.2, 0.25) is 11.8 Å². The molecule has 32 heteroatoms. The number of aliphatic hydroxyl groups excluding tert-OH is 1. The van der Waals surface area contributed by atoms with Gasteiger partial charge in [-0.1, -0.05) is 0 Å². The number of morpholine rings is 3. The molecule has 0 aliphatic carbocycles. The van der Waals surface area contributed by atoms with E-state index < -0.39 is 65.7 Å². The van der Waals surface area contributed by atoms with Crippen LogP contribution in [0.2, 0.25) is 0 Å². The minimum absolute atomic E-state index is 0.0209. The van der Waals surface area contributed by atoms with E-state index in [1.54, 1.807) is 73.1 Å². The molecule has 0 aromatic rings. The number of likely N-dealkylation sites (N-methyl/N-ethyl adjacent to an activating group) is 1. The van der Waals surface area contributed by atoms with Crippen molar-refractivity contribution in [2.24, 2.45) is 16.5 Å². The van der Waals surface area contributed by atoms with Crippen molar-refractivity contribution in [2.45, 2.75) is 76.3 Å². The Balaban J connectivity index is 1.30. The van der Waals surface area contributed by atoms with Crippen LogP contribution >= 0.6 is 23.0 Å². The van der Waals surface area contributed by atoms with E-state index in [0.717, 1.165) is 0 Å². The van der Waals surface area contributed by atoms with Gasteiger partial charge in [-0.25, -0.2) is 32.8 Å². The second-order valence-electron chi connectivity index (χ2n) is 19.7. The van der Waals surface area contributed by atoms with E-state index in [2.05, 4.69) is 15.6 Å². The Morgan fingerprint density at radius 2 is 1.12 bits per heavy atom. The van der Waals surface area contributed by atoms with Gasteiger partial charge in [-0.2, -0.15) is 0 Å². The molecule has 3 amide bonds. The highest BCUT2D eigenvalue weighted by Gasteiger charge is 2.46. The van der Waals surface area contributed by atoms with Crippen LogP contribution in [0.3, 0.4) is 0 Å². The molecule has 0 saturated carbocycles. The number of hydrogen-bond acceptors (Lipinski definition) is 18. The summed E-state index contributed by atoms with van der Waals surface area (Å²) >= 11 is 0. The predicted octanol–water partition coefficient (Wildman–Crippen LogP) is -0.623. The molecule has 442 valence electrons. The lowest BCUT2D eigenvalue weighted by Gasteiger charge is -2.45. The van der Waals surface area contributed by atoms with Gasteiger partial charge in [0.1, 0.15) is 6.61 Å². The van der Waals surface area contributed by atoms with Crippen molar-refractivity contribution < 1.29 is 75.2 Å². The van der Waals surface area contributed by atoms with Gasteiger partial charge >= 0.3 is 29.1 Å². The Kier molecular flexibility index (Phi) is 27.9. The summed E-state index contributed by atoms with van der Waals surface area (Å²) in [6, 6.07) is -0.540. The lowest BCUT2D eigenvalue weighted by Crippen LogP contribution is -2.54. The van der Waals surface area contributed by atoms with Crippen molar-refractivity contribution in [2.75, 3.05) is 187 Å². The molecule has 4 aliphatic rings. The minimum atomic E-state index is -3.76. The van der Waals surface area contributed by atoms with Crippen molar-refractivity contribution in [3.63, 3.8) is 0 Å². The maximum Gasteiger partial charge on any atom is 0.409 e. The van der Waals surface area contributed by atoms with E-state index >= 15 is 0 Å². The normalized spacial score (nSPS) is 26.2. The highest BCUT2D eigenvalue weighted by Crippen LogP contribution is 2.57. The van der Waals surface area contributed by atoms with E-state index in [0.29, 0.717) is 39.1 Å². The van der Waals surface area contributed by atoms with Crippen molar-refractivity contribution in [3.05, 3.63) is 0 Å². The predicted molar refractivity (Wildman–Crippen MR) is 283 cm³/mol. The summed E-state index contributed by atoms with van der Waals surface area (Å²) in [5, 5.41) is 14.5. The van der Waals surface area contributed by atoms with Gasteiger partial charge in [-0.05, 0) is 82.9 Å². The largest absolute Gasteiger partial charge is 0.447 e. The molecule has 4 rings (SSSR count). The van der Waals surface area contributed by atoms with Crippen LogP contribution in [0.1, 0.15) is 33.6 Å². The van der Waals surface area contributed by atoms with Crippen LogP contribution in [0.4, 0.5) is 4.79 Å². The Labute approximate surface area is 449 Å². The Morgan fingerprint density at radius 1 is 0.658 bits per heavy atom. The van der Waals surface area contributed by atoms with Gasteiger partial charge in [0.25, 0.3) is 0 Å². The highest BCUT2D eigenvalue weighted by atomic mass is 31.2. The van der Waals surface area contributed by atoms with Gasteiger partial charge in [0, 0.05) is 72.0 Å². The summed E-state index contributed by atoms with van der Waals surface area (Å²) in [6.07, 6.45) is -2.59. The standard InChI is InChI=1S/C44H90N13O16P3/c1-34-25-54(41(59)24-49-42(60)40(47-4)12-11-13-48-43(45)46)28-37(71-34)31-69-75(63,51(7)8)56-26-36(3)73-39(30-56)33-70-76(64,52(9)10)57-27-35(2)72-38(29-57)32-68-74(62,50(5)6)55-16-14-53(15-17-55)44(61)67-23-22-66-21-20-65-19-18-58/h34-40,47,58H,11-33H2,1-10H3,(H,49,60)(H4,45,46,48)/t34-,35-,36-,37-,38-,39-,40-,74?,75?,76?/m0/s1. The zero-order valence-corrected chi connectivity index (χ0v) is 49.1. The molecule has 29 nitrogen and oxygen atoms in total. The summed E-state index contributed by atoms with van der Waals surface area (Å²) in [4.78, 5) is 46.1. The Morgan fingerprint density at radius 3 is 1.59 bits per heavy atom. The lowest BCUT2D eigenvalue weighted by molar-refractivity contribution is -0.146. The number of guanidine groups is 1. The first-order chi connectivity index (χ1) is 35.9. The van der Waals surface area contributed by atoms with Crippen LogP contribution in [0.15, 0.2) is 4.99 Å². The fourth-order valence-electron chi connectivity index (χ4n) is 8.98. The van der Waals surface area contributed by atoms with Crippen LogP contribution in [0, 0.1) is 0 Å². The monoisotopic (exact) mass is 1150 g/mol. The molecule has 0 radical (unpaired) electrons. The zero-order chi connectivity index (χ0) is 56.2. The molecule has 4 fully saturated rings. The number of amides is 3. The van der Waals surface area contributed by atoms with E-state index in [1.165, 1.54) is 14.0 Å². The zero-order valence-electron chi connectivity index (χ0n) is 46.4. The van der Waals surface area contributed by atoms with Crippen molar-refractivity contribution in [1.82, 2.24) is 48.5 Å². The number of hydrogen-bond donors (Lipinski definition) is 5. The number of nitrogens with two attached hydrogens (primary N) is 2. The first-order valence-electron chi connectivity index (χ1n) is 25.9. The number of rotatable bonds is 31. The van der Waals surface area contributed by atoms with Crippen molar-refractivity contribution in [3.8, 4) is 0 Å². The van der Waals surface area contributed by atoms with E-state index in [4.69, 9.17) is 58.6 Å². The maximum atomic E-state index is 15.0. The molecule has 4 saturated heterocycles. The molecule has 0 aromatic heterocycles.